The number of carbonyl (C=O) groups is 1. The number of carbonyl (C=O) groups excluding carboxylic acids is 1. The van der Waals surface area contributed by atoms with E-state index >= 15 is 0 Å². The topological polar surface area (TPSA) is 73.0 Å². The number of para-hydroxylation sites is 2. The number of rotatable bonds is 4. The molecule has 29 heavy (non-hydrogen) atoms. The molecule has 0 saturated carbocycles. The monoisotopic (exact) mass is 403 g/mol. The van der Waals surface area contributed by atoms with E-state index in [-0.39, 0.29) is 11.5 Å². The van der Waals surface area contributed by atoms with Crippen molar-refractivity contribution in [3.8, 4) is 0 Å². The van der Waals surface area contributed by atoms with Crippen LogP contribution in [0.25, 0.3) is 11.0 Å². The zero-order chi connectivity index (χ0) is 20.4. The highest BCUT2D eigenvalue weighted by Gasteiger charge is 2.33. The SMILES string of the molecule is O=C(C(Nc1nc2ccccc2[nH]1)c1cccc(C(F)(F)F)c1)N1CCNCC1. The molecule has 0 bridgehead atoms. The fraction of sp³-hybridized carbons (Fsp3) is 0.300. The number of amides is 1. The van der Waals surface area contributed by atoms with Gasteiger partial charge in [-0.1, -0.05) is 24.3 Å². The van der Waals surface area contributed by atoms with Crippen molar-refractivity contribution in [2.24, 2.45) is 0 Å². The van der Waals surface area contributed by atoms with Gasteiger partial charge in [-0.05, 0) is 29.8 Å². The first kappa shape index (κ1) is 19.3. The first-order chi connectivity index (χ1) is 13.9. The summed E-state index contributed by atoms with van der Waals surface area (Å²) in [5, 5.41) is 6.18. The molecule has 1 unspecified atom stereocenters. The van der Waals surface area contributed by atoms with Crippen LogP contribution in [-0.2, 0) is 11.0 Å². The summed E-state index contributed by atoms with van der Waals surface area (Å²) in [5.41, 5.74) is 0.920. The number of aromatic nitrogens is 2. The predicted molar refractivity (Wildman–Crippen MR) is 103 cm³/mol. The third-order valence-corrected chi connectivity index (χ3v) is 4.89. The van der Waals surface area contributed by atoms with E-state index in [0.717, 1.165) is 17.6 Å². The van der Waals surface area contributed by atoms with Crippen LogP contribution in [0.5, 0.6) is 0 Å². The average Bonchev–Trinajstić information content (AvgIpc) is 3.14. The number of imidazole rings is 1. The molecule has 3 N–H and O–H groups in total. The van der Waals surface area contributed by atoms with Crippen molar-refractivity contribution in [2.45, 2.75) is 12.2 Å². The molecule has 0 spiro atoms. The molecule has 4 rings (SSSR count). The van der Waals surface area contributed by atoms with Gasteiger partial charge in [0, 0.05) is 26.2 Å². The highest BCUT2D eigenvalue weighted by Crippen LogP contribution is 2.32. The van der Waals surface area contributed by atoms with Crippen molar-refractivity contribution in [3.05, 3.63) is 59.7 Å². The van der Waals surface area contributed by atoms with Crippen LogP contribution in [0.2, 0.25) is 0 Å². The molecule has 9 heteroatoms. The number of nitrogens with zero attached hydrogens (tertiary/aromatic N) is 2. The van der Waals surface area contributed by atoms with Gasteiger partial charge in [-0.3, -0.25) is 4.79 Å². The van der Waals surface area contributed by atoms with Crippen LogP contribution in [0.4, 0.5) is 19.1 Å². The Labute approximate surface area is 165 Å². The number of aromatic amines is 1. The predicted octanol–water partition coefficient (Wildman–Crippen LogP) is 3.17. The number of H-pyrrole nitrogens is 1. The van der Waals surface area contributed by atoms with Gasteiger partial charge >= 0.3 is 6.18 Å². The molecule has 1 aromatic heterocycles. The van der Waals surface area contributed by atoms with Crippen LogP contribution >= 0.6 is 0 Å². The van der Waals surface area contributed by atoms with E-state index in [4.69, 9.17) is 0 Å². The maximum Gasteiger partial charge on any atom is 0.416 e. The number of fused-ring (bicyclic) bond motifs is 1. The summed E-state index contributed by atoms with van der Waals surface area (Å²) in [6, 6.07) is 11.2. The van der Waals surface area contributed by atoms with Crippen molar-refractivity contribution < 1.29 is 18.0 Å². The van der Waals surface area contributed by atoms with E-state index in [2.05, 4.69) is 20.6 Å². The second-order valence-electron chi connectivity index (χ2n) is 6.88. The standard InChI is InChI=1S/C20H20F3N5O/c21-20(22,23)14-5-3-4-13(12-14)17(18(29)28-10-8-24-9-11-28)27-19-25-15-6-1-2-7-16(15)26-19/h1-7,12,17,24H,8-11H2,(H2,25,26,27). The molecular formula is C20H20F3N5O. The number of halogens is 3. The zero-order valence-corrected chi connectivity index (χ0v) is 15.5. The molecule has 6 nitrogen and oxygen atoms in total. The minimum atomic E-state index is -4.49. The molecule has 0 aliphatic carbocycles. The molecule has 1 aliphatic heterocycles. The first-order valence-corrected chi connectivity index (χ1v) is 9.30. The fourth-order valence-corrected chi connectivity index (χ4v) is 3.41. The maximum absolute atomic E-state index is 13.2. The van der Waals surface area contributed by atoms with Crippen LogP contribution in [0, 0.1) is 0 Å². The normalized spacial score (nSPS) is 16.0. The van der Waals surface area contributed by atoms with Crippen molar-refractivity contribution >= 4 is 22.9 Å². The zero-order valence-electron chi connectivity index (χ0n) is 15.5. The van der Waals surface area contributed by atoms with E-state index in [9.17, 15) is 18.0 Å². The van der Waals surface area contributed by atoms with Crippen molar-refractivity contribution in [1.82, 2.24) is 20.2 Å². The lowest BCUT2D eigenvalue weighted by Crippen LogP contribution is -2.49. The van der Waals surface area contributed by atoms with Gasteiger partial charge < -0.3 is 20.5 Å². The molecule has 3 aromatic rings. The number of nitrogens with one attached hydrogen (secondary N) is 3. The van der Waals surface area contributed by atoms with E-state index in [1.54, 1.807) is 4.90 Å². The molecule has 1 fully saturated rings. The van der Waals surface area contributed by atoms with Gasteiger partial charge in [-0.2, -0.15) is 13.2 Å². The van der Waals surface area contributed by atoms with Gasteiger partial charge in [-0.15, -0.1) is 0 Å². The summed E-state index contributed by atoms with van der Waals surface area (Å²) < 4.78 is 39.6. The average molecular weight is 403 g/mol. The highest BCUT2D eigenvalue weighted by molar-refractivity contribution is 5.86. The summed E-state index contributed by atoms with van der Waals surface area (Å²) in [6.45, 7) is 2.28. The molecule has 152 valence electrons. The van der Waals surface area contributed by atoms with Gasteiger partial charge in [0.05, 0.1) is 16.6 Å². The third-order valence-electron chi connectivity index (χ3n) is 4.89. The van der Waals surface area contributed by atoms with Crippen molar-refractivity contribution in [1.29, 1.82) is 0 Å². The molecular weight excluding hydrogens is 383 g/mol. The minimum absolute atomic E-state index is 0.240. The number of anilines is 1. The Kier molecular flexibility index (Phi) is 5.14. The summed E-state index contributed by atoms with van der Waals surface area (Å²) in [6.07, 6.45) is -4.49. The van der Waals surface area contributed by atoms with E-state index in [0.29, 0.717) is 37.6 Å². The van der Waals surface area contributed by atoms with Crippen molar-refractivity contribution in [3.63, 3.8) is 0 Å². The third kappa shape index (κ3) is 4.19. The number of hydrogen-bond donors (Lipinski definition) is 3. The minimum Gasteiger partial charge on any atom is -0.340 e. The summed E-state index contributed by atoms with van der Waals surface area (Å²) in [4.78, 5) is 22.3. The highest BCUT2D eigenvalue weighted by atomic mass is 19.4. The summed E-state index contributed by atoms with van der Waals surface area (Å²) in [7, 11) is 0. The number of benzene rings is 2. The second-order valence-corrected chi connectivity index (χ2v) is 6.88. The smallest absolute Gasteiger partial charge is 0.340 e. The molecule has 1 atom stereocenters. The molecule has 1 amide bonds. The lowest BCUT2D eigenvalue weighted by atomic mass is 10.0. The van der Waals surface area contributed by atoms with E-state index in [1.807, 2.05) is 24.3 Å². The van der Waals surface area contributed by atoms with E-state index < -0.39 is 17.8 Å². The van der Waals surface area contributed by atoms with Crippen molar-refractivity contribution in [2.75, 3.05) is 31.5 Å². The van der Waals surface area contributed by atoms with Gasteiger partial charge in [0.1, 0.15) is 6.04 Å². The molecule has 2 aromatic carbocycles. The van der Waals surface area contributed by atoms with Crippen LogP contribution < -0.4 is 10.6 Å². The largest absolute Gasteiger partial charge is 0.416 e. The van der Waals surface area contributed by atoms with Crippen LogP contribution in [-0.4, -0.2) is 47.0 Å². The Morgan fingerprint density at radius 2 is 1.86 bits per heavy atom. The Morgan fingerprint density at radius 3 is 2.59 bits per heavy atom. The quantitative estimate of drug-likeness (QED) is 0.626. The molecule has 1 aliphatic rings. The number of hydrogen-bond acceptors (Lipinski definition) is 4. The maximum atomic E-state index is 13.2. The number of piperazine rings is 1. The summed E-state index contributed by atoms with van der Waals surface area (Å²) in [5.74, 6) is 0.0448. The molecule has 1 saturated heterocycles. The van der Waals surface area contributed by atoms with Gasteiger partial charge in [-0.25, -0.2) is 4.98 Å². The number of alkyl halides is 3. The van der Waals surface area contributed by atoms with E-state index in [1.165, 1.54) is 12.1 Å². The Bertz CT molecular complexity index is 978. The van der Waals surface area contributed by atoms with Crippen LogP contribution in [0.15, 0.2) is 48.5 Å². The van der Waals surface area contributed by atoms with Gasteiger partial charge in [0.25, 0.3) is 0 Å². The van der Waals surface area contributed by atoms with Gasteiger partial charge in [0.15, 0.2) is 0 Å². The lowest BCUT2D eigenvalue weighted by Gasteiger charge is -2.31. The molecule has 2 heterocycles. The first-order valence-electron chi connectivity index (χ1n) is 9.30. The van der Waals surface area contributed by atoms with Gasteiger partial charge in [0.2, 0.25) is 11.9 Å². The fourth-order valence-electron chi connectivity index (χ4n) is 3.41. The Morgan fingerprint density at radius 1 is 1.10 bits per heavy atom. The van der Waals surface area contributed by atoms with Crippen LogP contribution in [0.1, 0.15) is 17.2 Å². The lowest BCUT2D eigenvalue weighted by molar-refractivity contribution is -0.138. The molecule has 0 radical (unpaired) electrons. The second kappa shape index (κ2) is 7.75. The summed E-state index contributed by atoms with van der Waals surface area (Å²) >= 11 is 0. The van der Waals surface area contributed by atoms with Crippen LogP contribution in [0.3, 0.4) is 0 Å². The Balaban J connectivity index is 1.69. The Hall–Kier alpha value is -3.07.